The second kappa shape index (κ2) is 7.82. The number of nitrogens with one attached hydrogen (secondary N) is 2. The number of H-pyrrole nitrogens is 1. The quantitative estimate of drug-likeness (QED) is 0.649. The van der Waals surface area contributed by atoms with Crippen LogP contribution in [0, 0.1) is 0 Å². The summed E-state index contributed by atoms with van der Waals surface area (Å²) in [6.07, 6.45) is 0. The van der Waals surface area contributed by atoms with Crippen LogP contribution in [0.2, 0.25) is 0 Å². The lowest BCUT2D eigenvalue weighted by Gasteiger charge is -2.32. The van der Waals surface area contributed by atoms with Crippen molar-refractivity contribution in [1.82, 2.24) is 14.5 Å². The maximum atomic E-state index is 12.7. The molecule has 0 saturated carbocycles. The van der Waals surface area contributed by atoms with Crippen molar-refractivity contribution >= 4 is 16.8 Å². The maximum Gasteiger partial charge on any atom is 0.329 e. The minimum Gasteiger partial charge on any atom is -0.330 e. The zero-order chi connectivity index (χ0) is 19.5. The van der Waals surface area contributed by atoms with Gasteiger partial charge in [0.15, 0.2) is 0 Å². The van der Waals surface area contributed by atoms with Gasteiger partial charge in [-0.2, -0.15) is 0 Å². The van der Waals surface area contributed by atoms with Crippen LogP contribution in [0.3, 0.4) is 0 Å². The molecule has 2 N–H and O–H groups in total. The molecule has 1 aliphatic rings. The molecule has 3 aromatic rings. The molecule has 2 heterocycles. The molecule has 4 rings (SSSR count). The van der Waals surface area contributed by atoms with E-state index < -0.39 is 11.2 Å². The average Bonchev–Trinajstić information content (AvgIpc) is 2.72. The van der Waals surface area contributed by atoms with Crippen molar-refractivity contribution in [3.8, 4) is 0 Å². The number of carbonyl (C=O) groups excluding carboxylic acids is 1. The van der Waals surface area contributed by atoms with Gasteiger partial charge in [-0.3, -0.25) is 14.2 Å². The molecule has 0 spiro atoms. The summed E-state index contributed by atoms with van der Waals surface area (Å²) in [5.41, 5.74) is 0.789. The predicted octanol–water partition coefficient (Wildman–Crippen LogP) is -0.383. The Morgan fingerprint density at radius 1 is 0.964 bits per heavy atom. The number of rotatable bonds is 4. The van der Waals surface area contributed by atoms with Gasteiger partial charge in [-0.05, 0) is 12.1 Å². The molecule has 1 amide bonds. The number of benzene rings is 2. The summed E-state index contributed by atoms with van der Waals surface area (Å²) in [5, 5.41) is 0.409. The summed E-state index contributed by atoms with van der Waals surface area (Å²) in [6, 6.07) is 17.1. The van der Waals surface area contributed by atoms with Crippen molar-refractivity contribution in [3.05, 3.63) is 81.0 Å². The van der Waals surface area contributed by atoms with Gasteiger partial charge >= 0.3 is 5.69 Å². The van der Waals surface area contributed by atoms with Crippen LogP contribution < -0.4 is 16.1 Å². The Hall–Kier alpha value is -3.19. The zero-order valence-electron chi connectivity index (χ0n) is 15.6. The molecule has 2 aromatic carbocycles. The predicted molar refractivity (Wildman–Crippen MR) is 106 cm³/mol. The van der Waals surface area contributed by atoms with Gasteiger partial charge in [0.25, 0.3) is 5.56 Å². The number of carbonyl (C=O) groups is 1. The first kappa shape index (κ1) is 18.2. The van der Waals surface area contributed by atoms with Crippen LogP contribution in [0.5, 0.6) is 0 Å². The van der Waals surface area contributed by atoms with Crippen molar-refractivity contribution in [2.24, 2.45) is 0 Å². The highest BCUT2D eigenvalue weighted by atomic mass is 16.2. The van der Waals surface area contributed by atoms with Gasteiger partial charge in [0, 0.05) is 5.56 Å². The molecule has 0 radical (unpaired) electrons. The molecule has 0 aliphatic carbocycles. The van der Waals surface area contributed by atoms with E-state index in [1.807, 2.05) is 18.2 Å². The fraction of sp³-hybridized carbons (Fsp3) is 0.286. The Balaban J connectivity index is 1.42. The van der Waals surface area contributed by atoms with Gasteiger partial charge in [0.2, 0.25) is 5.91 Å². The number of piperazine rings is 1. The number of hydrogen-bond acceptors (Lipinski definition) is 3. The number of fused-ring (bicyclic) bond motifs is 1. The molecule has 0 atom stereocenters. The highest BCUT2D eigenvalue weighted by Gasteiger charge is 2.24. The highest BCUT2D eigenvalue weighted by Crippen LogP contribution is 2.03. The van der Waals surface area contributed by atoms with Crippen LogP contribution >= 0.6 is 0 Å². The third-order valence-electron chi connectivity index (χ3n) is 5.30. The van der Waals surface area contributed by atoms with E-state index >= 15 is 0 Å². The van der Waals surface area contributed by atoms with E-state index in [0.29, 0.717) is 24.0 Å². The largest absolute Gasteiger partial charge is 0.330 e. The number of hydrogen-bond donors (Lipinski definition) is 2. The second-order valence-electron chi connectivity index (χ2n) is 7.16. The van der Waals surface area contributed by atoms with Crippen molar-refractivity contribution < 1.29 is 9.69 Å². The number of aromatic amines is 1. The van der Waals surface area contributed by atoms with Gasteiger partial charge in [-0.25, -0.2) is 4.79 Å². The molecular formula is C21H23N4O3+. The monoisotopic (exact) mass is 379 g/mol. The van der Waals surface area contributed by atoms with E-state index in [4.69, 9.17) is 0 Å². The van der Waals surface area contributed by atoms with Gasteiger partial charge in [0.1, 0.15) is 13.1 Å². The molecule has 1 saturated heterocycles. The molecule has 0 unspecified atom stereocenters. The molecule has 7 heteroatoms. The molecule has 1 fully saturated rings. The number of para-hydroxylation sites is 1. The Kier molecular flexibility index (Phi) is 5.08. The topological polar surface area (TPSA) is 79.6 Å². The zero-order valence-corrected chi connectivity index (χ0v) is 15.6. The third-order valence-corrected chi connectivity index (χ3v) is 5.30. The van der Waals surface area contributed by atoms with Gasteiger partial charge < -0.3 is 14.8 Å². The van der Waals surface area contributed by atoms with E-state index in [-0.39, 0.29) is 12.5 Å². The van der Waals surface area contributed by atoms with Gasteiger partial charge in [-0.15, -0.1) is 0 Å². The number of amides is 1. The van der Waals surface area contributed by atoms with Gasteiger partial charge in [-0.1, -0.05) is 42.5 Å². The van der Waals surface area contributed by atoms with Crippen LogP contribution in [-0.2, 0) is 17.9 Å². The van der Waals surface area contributed by atoms with Crippen molar-refractivity contribution in [2.75, 3.05) is 26.2 Å². The van der Waals surface area contributed by atoms with Crippen LogP contribution in [0.1, 0.15) is 5.56 Å². The first-order chi connectivity index (χ1) is 13.6. The minimum absolute atomic E-state index is 0.193. The molecule has 7 nitrogen and oxygen atoms in total. The molecule has 144 valence electrons. The van der Waals surface area contributed by atoms with E-state index in [0.717, 1.165) is 24.2 Å². The second-order valence-corrected chi connectivity index (χ2v) is 7.16. The van der Waals surface area contributed by atoms with Gasteiger partial charge in [0.05, 0.1) is 37.1 Å². The molecule has 0 bridgehead atoms. The molecule has 1 aliphatic heterocycles. The van der Waals surface area contributed by atoms with E-state index in [1.165, 1.54) is 10.5 Å². The molecule has 1 aromatic heterocycles. The summed E-state index contributed by atoms with van der Waals surface area (Å²) < 4.78 is 0.994. The van der Waals surface area contributed by atoms with Crippen LogP contribution in [-0.4, -0.2) is 46.5 Å². The smallest absolute Gasteiger partial charge is 0.329 e. The summed E-state index contributed by atoms with van der Waals surface area (Å²) >= 11 is 0. The first-order valence-corrected chi connectivity index (χ1v) is 9.49. The SMILES string of the molecule is O=C(Cn1c(=O)[nH]c2ccccc2c1=O)N1CC[NH+](Cc2ccccc2)CC1. The molecular weight excluding hydrogens is 356 g/mol. The third kappa shape index (κ3) is 3.75. The lowest BCUT2D eigenvalue weighted by molar-refractivity contribution is -0.917. The number of quaternary nitrogens is 1. The summed E-state index contributed by atoms with van der Waals surface area (Å²) in [6.45, 7) is 3.66. The number of aromatic nitrogens is 2. The standard InChI is InChI=1S/C21H22N4O3/c26-19(15-25-20(27)17-8-4-5-9-18(17)22-21(25)28)24-12-10-23(11-13-24)14-16-6-2-1-3-7-16/h1-9H,10-15H2,(H,22,28)/p+1. The Bertz CT molecular complexity index is 1100. The Morgan fingerprint density at radius 3 is 2.39 bits per heavy atom. The number of nitrogens with zero attached hydrogens (tertiary/aromatic N) is 2. The van der Waals surface area contributed by atoms with Crippen molar-refractivity contribution in [2.45, 2.75) is 13.1 Å². The summed E-state index contributed by atoms with van der Waals surface area (Å²) in [5.74, 6) is -0.193. The maximum absolute atomic E-state index is 12.7. The Labute approximate surface area is 161 Å². The lowest BCUT2D eigenvalue weighted by Crippen LogP contribution is -3.13. The summed E-state index contributed by atoms with van der Waals surface area (Å²) in [7, 11) is 0. The van der Waals surface area contributed by atoms with Crippen LogP contribution in [0.4, 0.5) is 0 Å². The minimum atomic E-state index is -0.551. The Morgan fingerprint density at radius 2 is 1.64 bits per heavy atom. The van der Waals surface area contributed by atoms with Crippen molar-refractivity contribution in [3.63, 3.8) is 0 Å². The first-order valence-electron chi connectivity index (χ1n) is 9.49. The fourth-order valence-corrected chi connectivity index (χ4v) is 3.71. The average molecular weight is 379 g/mol. The van der Waals surface area contributed by atoms with E-state index in [9.17, 15) is 14.4 Å². The van der Waals surface area contributed by atoms with E-state index in [2.05, 4.69) is 17.1 Å². The van der Waals surface area contributed by atoms with Crippen LogP contribution in [0.25, 0.3) is 10.9 Å². The highest BCUT2D eigenvalue weighted by molar-refractivity contribution is 5.79. The van der Waals surface area contributed by atoms with E-state index in [1.54, 1.807) is 29.2 Å². The lowest BCUT2D eigenvalue weighted by atomic mass is 10.2. The normalized spacial score (nSPS) is 15.1. The van der Waals surface area contributed by atoms with Crippen LogP contribution in [0.15, 0.2) is 64.2 Å². The molecule has 28 heavy (non-hydrogen) atoms. The van der Waals surface area contributed by atoms with Crippen molar-refractivity contribution in [1.29, 1.82) is 0 Å². The summed E-state index contributed by atoms with van der Waals surface area (Å²) in [4.78, 5) is 43.4. The fourth-order valence-electron chi connectivity index (χ4n) is 3.71.